The molecule has 60 valence electrons. The number of Topliss-reactive ketones (excluding diaryl/α,β-unsaturated/α-hetero) is 1. The Hall–Kier alpha value is -0.770. The van der Waals surface area contributed by atoms with Crippen LogP contribution in [0.1, 0.15) is 33.1 Å². The lowest BCUT2D eigenvalue weighted by atomic mass is 9.79. The first-order valence-corrected chi connectivity index (χ1v) is 4.08. The fraction of sp³-hybridized carbons (Fsp3) is 0.700. The number of terminal acetylenes is 1. The van der Waals surface area contributed by atoms with E-state index < -0.39 is 0 Å². The van der Waals surface area contributed by atoms with Crippen molar-refractivity contribution in [2.45, 2.75) is 33.1 Å². The van der Waals surface area contributed by atoms with Crippen molar-refractivity contribution in [1.82, 2.24) is 0 Å². The van der Waals surface area contributed by atoms with E-state index in [-0.39, 0.29) is 17.1 Å². The molecule has 0 aromatic heterocycles. The molecule has 1 atom stereocenters. The Bertz CT molecular complexity index is 207. The molecule has 0 aromatic rings. The molecule has 1 nitrogen and oxygen atoms in total. The van der Waals surface area contributed by atoms with Gasteiger partial charge in [-0.3, -0.25) is 4.79 Å². The van der Waals surface area contributed by atoms with Gasteiger partial charge >= 0.3 is 0 Å². The van der Waals surface area contributed by atoms with E-state index in [1.165, 1.54) is 0 Å². The largest absolute Gasteiger partial charge is 0.285 e. The van der Waals surface area contributed by atoms with Crippen LogP contribution in [0, 0.1) is 23.7 Å². The first-order valence-electron chi connectivity index (χ1n) is 4.08. The molecule has 1 aliphatic carbocycles. The number of rotatable bonds is 1. The molecule has 0 heterocycles. The van der Waals surface area contributed by atoms with Crippen LogP contribution in [0.5, 0.6) is 0 Å². The standard InChI is InChI=1S/C10H14O/c1-4-9(11)8-6-5-7-10(8,2)3/h1,8H,5-7H2,2-3H3. The molecule has 1 unspecified atom stereocenters. The predicted molar refractivity (Wildman–Crippen MR) is 45.0 cm³/mol. The fourth-order valence-corrected chi connectivity index (χ4v) is 1.91. The Balaban J connectivity index is 2.74. The highest BCUT2D eigenvalue weighted by Crippen LogP contribution is 2.42. The third-order valence-corrected chi connectivity index (χ3v) is 2.72. The fourth-order valence-electron chi connectivity index (χ4n) is 1.91. The Labute approximate surface area is 68.2 Å². The van der Waals surface area contributed by atoms with Crippen molar-refractivity contribution in [3.8, 4) is 12.3 Å². The van der Waals surface area contributed by atoms with Crippen molar-refractivity contribution in [1.29, 1.82) is 0 Å². The van der Waals surface area contributed by atoms with Gasteiger partial charge in [0.2, 0.25) is 5.78 Å². The van der Waals surface area contributed by atoms with E-state index in [4.69, 9.17) is 6.42 Å². The number of carbonyl (C=O) groups excluding carboxylic acids is 1. The van der Waals surface area contributed by atoms with Crippen LogP contribution in [0.4, 0.5) is 0 Å². The van der Waals surface area contributed by atoms with Gasteiger partial charge in [0.05, 0.1) is 0 Å². The maximum absolute atomic E-state index is 11.2. The topological polar surface area (TPSA) is 17.1 Å². The van der Waals surface area contributed by atoms with E-state index in [9.17, 15) is 4.79 Å². The highest BCUT2D eigenvalue weighted by molar-refractivity contribution is 5.97. The van der Waals surface area contributed by atoms with Crippen LogP contribution in [0.25, 0.3) is 0 Å². The summed E-state index contributed by atoms with van der Waals surface area (Å²) in [6.45, 7) is 4.25. The quantitative estimate of drug-likeness (QED) is 0.413. The normalized spacial score (nSPS) is 27.9. The van der Waals surface area contributed by atoms with Crippen LogP contribution >= 0.6 is 0 Å². The van der Waals surface area contributed by atoms with Gasteiger partial charge in [-0.1, -0.05) is 20.3 Å². The van der Waals surface area contributed by atoms with Gasteiger partial charge in [0.15, 0.2) is 0 Å². The van der Waals surface area contributed by atoms with Crippen LogP contribution in [0.2, 0.25) is 0 Å². The number of hydrogen-bond donors (Lipinski definition) is 0. The van der Waals surface area contributed by atoms with Crippen LogP contribution in [0.15, 0.2) is 0 Å². The van der Waals surface area contributed by atoms with Gasteiger partial charge in [0, 0.05) is 5.92 Å². The molecular weight excluding hydrogens is 136 g/mol. The minimum Gasteiger partial charge on any atom is -0.285 e. The Morgan fingerprint density at radius 3 is 2.64 bits per heavy atom. The zero-order chi connectivity index (χ0) is 8.48. The van der Waals surface area contributed by atoms with Gasteiger partial charge in [0.25, 0.3) is 0 Å². The Kier molecular flexibility index (Phi) is 2.04. The van der Waals surface area contributed by atoms with Crippen LogP contribution in [-0.2, 0) is 4.79 Å². The second-order valence-corrected chi connectivity index (χ2v) is 3.94. The van der Waals surface area contributed by atoms with Crippen molar-refractivity contribution in [3.05, 3.63) is 0 Å². The molecule has 0 N–H and O–H groups in total. The Morgan fingerprint density at radius 1 is 1.64 bits per heavy atom. The summed E-state index contributed by atoms with van der Waals surface area (Å²) < 4.78 is 0. The highest BCUT2D eigenvalue weighted by atomic mass is 16.1. The molecule has 1 fully saturated rings. The molecule has 0 spiro atoms. The predicted octanol–water partition coefficient (Wildman–Crippen LogP) is 2.02. The summed E-state index contributed by atoms with van der Waals surface area (Å²) in [7, 11) is 0. The summed E-state index contributed by atoms with van der Waals surface area (Å²) in [5.74, 6) is 2.33. The van der Waals surface area contributed by atoms with Crippen LogP contribution < -0.4 is 0 Å². The molecule has 11 heavy (non-hydrogen) atoms. The molecule has 0 radical (unpaired) electrons. The maximum Gasteiger partial charge on any atom is 0.208 e. The first-order chi connectivity index (χ1) is 5.08. The summed E-state index contributed by atoms with van der Waals surface area (Å²) in [4.78, 5) is 11.2. The smallest absolute Gasteiger partial charge is 0.208 e. The lowest BCUT2D eigenvalue weighted by Gasteiger charge is -2.23. The summed E-state index contributed by atoms with van der Waals surface area (Å²) in [5.41, 5.74) is 0.142. The number of ketones is 1. The van der Waals surface area contributed by atoms with E-state index in [0.717, 1.165) is 19.3 Å². The lowest BCUT2D eigenvalue weighted by Crippen LogP contribution is -2.24. The van der Waals surface area contributed by atoms with E-state index >= 15 is 0 Å². The first kappa shape index (κ1) is 8.33. The molecular formula is C10H14O. The average molecular weight is 150 g/mol. The molecule has 1 heteroatoms. The monoisotopic (exact) mass is 150 g/mol. The molecule has 0 bridgehead atoms. The maximum atomic E-state index is 11.2. The van der Waals surface area contributed by atoms with E-state index in [0.29, 0.717) is 0 Å². The second kappa shape index (κ2) is 2.70. The Morgan fingerprint density at radius 2 is 2.27 bits per heavy atom. The van der Waals surface area contributed by atoms with E-state index in [1.54, 1.807) is 0 Å². The third-order valence-electron chi connectivity index (χ3n) is 2.72. The summed E-state index contributed by atoms with van der Waals surface area (Å²) in [5, 5.41) is 0. The number of carbonyl (C=O) groups is 1. The highest BCUT2D eigenvalue weighted by Gasteiger charge is 2.38. The summed E-state index contributed by atoms with van der Waals surface area (Å²) in [6, 6.07) is 0. The van der Waals surface area contributed by atoms with Crippen LogP contribution in [0.3, 0.4) is 0 Å². The molecule has 0 aliphatic heterocycles. The third kappa shape index (κ3) is 1.45. The van der Waals surface area contributed by atoms with Crippen LogP contribution in [-0.4, -0.2) is 5.78 Å². The van der Waals surface area contributed by atoms with Crippen molar-refractivity contribution in [2.75, 3.05) is 0 Å². The molecule has 1 aliphatic rings. The van der Waals surface area contributed by atoms with Gasteiger partial charge in [-0.25, -0.2) is 0 Å². The molecule has 0 amide bonds. The van der Waals surface area contributed by atoms with Crippen molar-refractivity contribution < 1.29 is 4.79 Å². The van der Waals surface area contributed by atoms with Crippen molar-refractivity contribution >= 4 is 5.78 Å². The van der Waals surface area contributed by atoms with E-state index in [2.05, 4.69) is 19.8 Å². The number of hydrogen-bond acceptors (Lipinski definition) is 1. The average Bonchev–Trinajstić information content (AvgIpc) is 2.28. The zero-order valence-corrected chi connectivity index (χ0v) is 7.18. The van der Waals surface area contributed by atoms with Gasteiger partial charge < -0.3 is 0 Å². The van der Waals surface area contributed by atoms with Gasteiger partial charge in [-0.2, -0.15) is 0 Å². The minimum absolute atomic E-state index is 0.00694. The van der Waals surface area contributed by atoms with Gasteiger partial charge in [-0.05, 0) is 24.2 Å². The lowest BCUT2D eigenvalue weighted by molar-refractivity contribution is -0.119. The molecule has 1 rings (SSSR count). The van der Waals surface area contributed by atoms with Gasteiger partial charge in [-0.15, -0.1) is 6.42 Å². The SMILES string of the molecule is C#CC(=O)C1CCCC1(C)C. The van der Waals surface area contributed by atoms with Crippen molar-refractivity contribution in [2.24, 2.45) is 11.3 Å². The zero-order valence-electron chi connectivity index (χ0n) is 7.18. The summed E-state index contributed by atoms with van der Waals surface area (Å²) in [6.07, 6.45) is 8.33. The van der Waals surface area contributed by atoms with Gasteiger partial charge in [0.1, 0.15) is 0 Å². The van der Waals surface area contributed by atoms with E-state index in [1.807, 2.05) is 0 Å². The summed E-state index contributed by atoms with van der Waals surface area (Å²) >= 11 is 0. The molecule has 0 aromatic carbocycles. The van der Waals surface area contributed by atoms with Crippen molar-refractivity contribution in [3.63, 3.8) is 0 Å². The second-order valence-electron chi connectivity index (χ2n) is 3.94. The minimum atomic E-state index is -0.00694. The molecule has 0 saturated heterocycles. The molecule has 1 saturated carbocycles.